The minimum atomic E-state index is -0.0598. The lowest BCUT2D eigenvalue weighted by atomic mass is 9.86. The summed E-state index contributed by atoms with van der Waals surface area (Å²) in [5.74, 6) is 0. The predicted molar refractivity (Wildman–Crippen MR) is 170 cm³/mol. The van der Waals surface area contributed by atoms with Crippen molar-refractivity contribution in [2.45, 2.75) is 0 Å². The molecule has 4 aromatic heterocycles. The van der Waals surface area contributed by atoms with E-state index in [0.717, 1.165) is 75.9 Å². The monoisotopic (exact) mass is 536 g/mol. The van der Waals surface area contributed by atoms with E-state index in [1.807, 2.05) is 60.7 Å². The Balaban J connectivity index is 1.41. The van der Waals surface area contributed by atoms with E-state index in [1.165, 1.54) is 0 Å². The Morgan fingerprint density at radius 1 is 0.381 bits per heavy atom. The third kappa shape index (κ3) is 2.14. The molecule has 0 aliphatic rings. The molecule has 0 saturated heterocycles. The van der Waals surface area contributed by atoms with Gasteiger partial charge in [0.25, 0.3) is 11.1 Å². The van der Waals surface area contributed by atoms with Gasteiger partial charge in [-0.15, -0.1) is 0 Å². The van der Waals surface area contributed by atoms with Gasteiger partial charge >= 0.3 is 0 Å². The summed E-state index contributed by atoms with van der Waals surface area (Å²) in [5, 5.41) is 11.5. The molecule has 0 N–H and O–H groups in total. The van der Waals surface area contributed by atoms with E-state index in [4.69, 9.17) is 9.97 Å². The van der Waals surface area contributed by atoms with Gasteiger partial charge in [-0.1, -0.05) is 48.5 Å². The van der Waals surface area contributed by atoms with Gasteiger partial charge in [0.05, 0.1) is 22.1 Å². The van der Waals surface area contributed by atoms with Crippen molar-refractivity contribution in [3.63, 3.8) is 0 Å². The van der Waals surface area contributed by atoms with Crippen molar-refractivity contribution in [1.82, 2.24) is 18.8 Å². The molecule has 0 radical (unpaired) electrons. The smallest absolute Gasteiger partial charge is 0.264 e. The zero-order valence-electron chi connectivity index (χ0n) is 21.8. The summed E-state index contributed by atoms with van der Waals surface area (Å²) in [7, 11) is 0. The van der Waals surface area contributed by atoms with E-state index in [0.29, 0.717) is 22.1 Å². The second-order valence-electron chi connectivity index (χ2n) is 11.3. The molecular weight excluding hydrogens is 520 g/mol. The first kappa shape index (κ1) is 20.9. The fourth-order valence-electron chi connectivity index (χ4n) is 7.68. The molecule has 0 fully saturated rings. The van der Waals surface area contributed by atoms with Crippen LogP contribution >= 0.6 is 0 Å². The van der Waals surface area contributed by atoms with Crippen LogP contribution in [0.4, 0.5) is 0 Å². The van der Waals surface area contributed by atoms with Crippen LogP contribution in [-0.2, 0) is 0 Å². The fraction of sp³-hybridized carbons (Fsp3) is 0. The molecule has 0 amide bonds. The fourth-order valence-corrected chi connectivity index (χ4v) is 7.68. The summed E-state index contributed by atoms with van der Waals surface area (Å²) in [6.07, 6.45) is 0. The van der Waals surface area contributed by atoms with Crippen molar-refractivity contribution in [1.29, 1.82) is 0 Å². The van der Waals surface area contributed by atoms with Crippen molar-refractivity contribution in [2.75, 3.05) is 0 Å². The first-order chi connectivity index (χ1) is 20.7. The number of rotatable bonds is 0. The van der Waals surface area contributed by atoms with E-state index in [2.05, 4.69) is 36.4 Å². The van der Waals surface area contributed by atoms with Crippen molar-refractivity contribution < 1.29 is 0 Å². The number of pyridine rings is 2. The third-order valence-corrected chi connectivity index (χ3v) is 9.37. The molecule has 11 aromatic rings. The lowest BCUT2D eigenvalue weighted by Crippen LogP contribution is -2.14. The molecule has 0 aliphatic heterocycles. The summed E-state index contributed by atoms with van der Waals surface area (Å²) in [4.78, 5) is 37.7. The minimum Gasteiger partial charge on any atom is -0.268 e. The molecule has 0 aliphatic carbocycles. The molecule has 6 heteroatoms. The highest BCUT2D eigenvalue weighted by molar-refractivity contribution is 6.40. The van der Waals surface area contributed by atoms with Crippen molar-refractivity contribution in [3.8, 4) is 0 Å². The third-order valence-electron chi connectivity index (χ3n) is 9.37. The maximum Gasteiger partial charge on any atom is 0.264 e. The summed E-state index contributed by atoms with van der Waals surface area (Å²) in [6, 6.07) is 32.1. The van der Waals surface area contributed by atoms with Crippen molar-refractivity contribution in [3.05, 3.63) is 118 Å². The van der Waals surface area contributed by atoms with Crippen LogP contribution in [0.3, 0.4) is 0 Å². The molecule has 192 valence electrons. The molecule has 0 bridgehead atoms. The second-order valence-corrected chi connectivity index (χ2v) is 11.3. The number of hydrogen-bond donors (Lipinski definition) is 0. The van der Waals surface area contributed by atoms with Crippen LogP contribution in [0.5, 0.6) is 0 Å². The quantitative estimate of drug-likeness (QED) is 0.151. The van der Waals surface area contributed by atoms with Gasteiger partial charge in [-0.25, -0.2) is 9.97 Å². The van der Waals surface area contributed by atoms with Crippen LogP contribution < -0.4 is 11.1 Å². The van der Waals surface area contributed by atoms with E-state index in [1.54, 1.807) is 8.80 Å². The van der Waals surface area contributed by atoms with Crippen molar-refractivity contribution >= 4 is 98.0 Å². The normalized spacial score (nSPS) is 13.0. The van der Waals surface area contributed by atoms with Gasteiger partial charge in [-0.3, -0.25) is 18.4 Å². The molecule has 0 saturated carbocycles. The van der Waals surface area contributed by atoms with Gasteiger partial charge in [0.2, 0.25) is 0 Å². The first-order valence-corrected chi connectivity index (χ1v) is 13.9. The standard InChI is InChI=1S/C36H16N4O2/c41-35-23-15-11-19-20-12-16-24-32-22(34-38-26-6-2-4-8-28(26)40(34)36(24)42)14-10-18(30(20)32)17-9-13-21(31(23)29(17)19)33-37-25-5-1-3-7-27(25)39(33)35/h1-16H. The van der Waals surface area contributed by atoms with Gasteiger partial charge in [0.1, 0.15) is 11.3 Å². The highest BCUT2D eigenvalue weighted by atomic mass is 16.1. The maximum absolute atomic E-state index is 14.0. The molecule has 42 heavy (non-hydrogen) atoms. The van der Waals surface area contributed by atoms with Crippen LogP contribution in [0.2, 0.25) is 0 Å². The van der Waals surface area contributed by atoms with Crippen LogP contribution in [0.1, 0.15) is 0 Å². The van der Waals surface area contributed by atoms with Crippen molar-refractivity contribution in [2.24, 2.45) is 0 Å². The molecule has 4 heterocycles. The van der Waals surface area contributed by atoms with Gasteiger partial charge in [0, 0.05) is 32.3 Å². The highest BCUT2D eigenvalue weighted by Crippen LogP contribution is 2.45. The zero-order chi connectivity index (χ0) is 27.4. The first-order valence-electron chi connectivity index (χ1n) is 13.9. The largest absolute Gasteiger partial charge is 0.268 e. The second kappa shape index (κ2) is 6.70. The lowest BCUT2D eigenvalue weighted by molar-refractivity contribution is 1.19. The Bertz CT molecular complexity index is 2890. The number of imidazole rings is 2. The predicted octanol–water partition coefficient (Wildman–Crippen LogP) is 7.24. The molecule has 0 atom stereocenters. The number of para-hydroxylation sites is 4. The number of benzene rings is 7. The van der Waals surface area contributed by atoms with E-state index >= 15 is 0 Å². The van der Waals surface area contributed by atoms with Gasteiger partial charge in [-0.2, -0.15) is 0 Å². The molecule has 7 aromatic carbocycles. The number of hydrogen-bond acceptors (Lipinski definition) is 4. The topological polar surface area (TPSA) is 68.7 Å². The minimum absolute atomic E-state index is 0.0598. The number of fused-ring (bicyclic) bond motifs is 10. The Labute approximate surface area is 234 Å². The Hall–Kier alpha value is -5.88. The molecule has 6 nitrogen and oxygen atoms in total. The molecule has 0 unspecified atom stereocenters. The number of aromatic nitrogens is 4. The van der Waals surface area contributed by atoms with Crippen LogP contribution in [-0.4, -0.2) is 18.8 Å². The SMILES string of the molecule is O=c1c2ccc3c4ccc5c(=O)n6c7ccccc7nc6c6ccc(c7ccc(c2c37)c2nc3ccccc3n12)c4c56. The maximum atomic E-state index is 14.0. The van der Waals surface area contributed by atoms with Gasteiger partial charge in [-0.05, 0) is 80.8 Å². The van der Waals surface area contributed by atoms with E-state index < -0.39 is 0 Å². The van der Waals surface area contributed by atoms with Crippen LogP contribution in [0.25, 0.3) is 98.0 Å². The van der Waals surface area contributed by atoms with Gasteiger partial charge < -0.3 is 0 Å². The van der Waals surface area contributed by atoms with Crippen LogP contribution in [0, 0.1) is 0 Å². The number of nitrogens with zero attached hydrogens (tertiary/aromatic N) is 4. The van der Waals surface area contributed by atoms with Gasteiger partial charge in [0.15, 0.2) is 0 Å². The molecule has 11 rings (SSSR count). The van der Waals surface area contributed by atoms with Crippen LogP contribution in [0.15, 0.2) is 107 Å². The molecule has 0 spiro atoms. The van der Waals surface area contributed by atoms with E-state index in [-0.39, 0.29) is 11.1 Å². The average molecular weight is 537 g/mol. The lowest BCUT2D eigenvalue weighted by Gasteiger charge is -2.18. The van der Waals surface area contributed by atoms with E-state index in [9.17, 15) is 9.59 Å². The average Bonchev–Trinajstić information content (AvgIpc) is 3.61. The summed E-state index contributed by atoms with van der Waals surface area (Å²) in [5.41, 5.74) is 4.48. The summed E-state index contributed by atoms with van der Waals surface area (Å²) in [6.45, 7) is 0. The Morgan fingerprint density at radius 2 is 0.714 bits per heavy atom. The zero-order valence-corrected chi connectivity index (χ0v) is 21.8. The Morgan fingerprint density at radius 3 is 1.14 bits per heavy atom. The summed E-state index contributed by atoms with van der Waals surface area (Å²) < 4.78 is 3.49. The highest BCUT2D eigenvalue weighted by Gasteiger charge is 2.23. The Kier molecular flexibility index (Phi) is 3.34. The molecular formula is C36H16N4O2. The summed E-state index contributed by atoms with van der Waals surface area (Å²) >= 11 is 0.